The Morgan fingerprint density at radius 2 is 1.83 bits per heavy atom. The number of rotatable bonds is 6. The molecule has 3 aromatic heterocycles. The smallest absolute Gasteiger partial charge is 0.162 e. The van der Waals surface area contributed by atoms with Crippen molar-refractivity contribution in [3.8, 4) is 11.4 Å². The van der Waals surface area contributed by atoms with Gasteiger partial charge in [0, 0.05) is 23.5 Å². The molecule has 4 nitrogen and oxygen atoms in total. The molecule has 0 amide bonds. The molecular weight excluding hydrogens is 376 g/mol. The number of benzene rings is 1. The summed E-state index contributed by atoms with van der Waals surface area (Å²) in [4.78, 5) is 14.3. The van der Waals surface area contributed by atoms with Crippen molar-refractivity contribution in [1.82, 2.24) is 15.0 Å². The topological polar surface area (TPSA) is 50.7 Å². The number of nitrogens with one attached hydrogen (secondary N) is 1. The van der Waals surface area contributed by atoms with E-state index in [2.05, 4.69) is 58.1 Å². The van der Waals surface area contributed by atoms with Crippen molar-refractivity contribution in [2.24, 2.45) is 0 Å². The fourth-order valence-corrected chi connectivity index (χ4v) is 4.81. The van der Waals surface area contributed by atoms with E-state index >= 15 is 0 Å². The van der Waals surface area contributed by atoms with Crippen LogP contribution in [0.4, 0.5) is 5.82 Å². The largest absolute Gasteiger partial charge is 0.366 e. The van der Waals surface area contributed by atoms with Crippen LogP contribution >= 0.6 is 11.3 Å². The first-order valence-electron chi connectivity index (χ1n) is 10.4. The highest BCUT2D eigenvalue weighted by molar-refractivity contribution is 7.17. The minimum absolute atomic E-state index is 0.530. The summed E-state index contributed by atoms with van der Waals surface area (Å²) in [5.74, 6) is 1.76. The number of hydrogen-bond acceptors (Lipinski definition) is 5. The second kappa shape index (κ2) is 8.29. The van der Waals surface area contributed by atoms with Gasteiger partial charge >= 0.3 is 0 Å². The first-order valence-corrected chi connectivity index (χ1v) is 11.2. The highest BCUT2D eigenvalue weighted by Crippen LogP contribution is 2.31. The van der Waals surface area contributed by atoms with Crippen LogP contribution in [0.25, 0.3) is 21.6 Å². The van der Waals surface area contributed by atoms with E-state index in [-0.39, 0.29) is 0 Å². The molecule has 4 aromatic rings. The van der Waals surface area contributed by atoms with Crippen LogP contribution in [0.15, 0.2) is 60.1 Å². The zero-order valence-electron chi connectivity index (χ0n) is 16.3. The van der Waals surface area contributed by atoms with Crippen LogP contribution < -0.4 is 5.32 Å². The lowest BCUT2D eigenvalue weighted by Crippen LogP contribution is -2.16. The molecule has 1 aliphatic carbocycles. The Bertz CT molecular complexity index is 1100. The van der Waals surface area contributed by atoms with Crippen LogP contribution in [0.5, 0.6) is 0 Å². The third kappa shape index (κ3) is 4.15. The first-order chi connectivity index (χ1) is 14.3. The summed E-state index contributed by atoms with van der Waals surface area (Å²) in [6.45, 7) is 0. The van der Waals surface area contributed by atoms with Gasteiger partial charge in [-0.2, -0.15) is 0 Å². The van der Waals surface area contributed by atoms with Crippen molar-refractivity contribution in [1.29, 1.82) is 0 Å². The minimum Gasteiger partial charge on any atom is -0.366 e. The number of hydrogen-bond donors (Lipinski definition) is 1. The molecule has 0 unspecified atom stereocenters. The van der Waals surface area contributed by atoms with E-state index in [1.54, 1.807) is 11.3 Å². The number of aromatic nitrogens is 3. The second-order valence-corrected chi connectivity index (χ2v) is 8.59. The SMILES string of the molecule is c1ccc(CCc2cc(-c3nc(NC4CCCC4)c4sccc4n3)ccn2)cc1. The molecule has 146 valence electrons. The maximum atomic E-state index is 4.93. The number of nitrogens with zero attached hydrogens (tertiary/aromatic N) is 3. The number of aryl methyl sites for hydroxylation is 2. The first kappa shape index (κ1) is 18.3. The number of anilines is 1. The number of fused-ring (bicyclic) bond motifs is 1. The van der Waals surface area contributed by atoms with Gasteiger partial charge in [-0.05, 0) is 54.8 Å². The van der Waals surface area contributed by atoms with Crippen LogP contribution in [0, 0.1) is 0 Å². The predicted octanol–water partition coefficient (Wildman–Crippen LogP) is 5.89. The van der Waals surface area contributed by atoms with Crippen molar-refractivity contribution >= 4 is 27.4 Å². The van der Waals surface area contributed by atoms with Gasteiger partial charge in [-0.15, -0.1) is 11.3 Å². The molecule has 0 saturated heterocycles. The Balaban J connectivity index is 1.42. The molecule has 0 radical (unpaired) electrons. The van der Waals surface area contributed by atoms with Gasteiger partial charge in [-0.25, -0.2) is 9.97 Å². The zero-order chi connectivity index (χ0) is 19.5. The lowest BCUT2D eigenvalue weighted by atomic mass is 10.1. The van der Waals surface area contributed by atoms with E-state index in [0.717, 1.165) is 46.0 Å². The third-order valence-corrected chi connectivity index (χ3v) is 6.50. The third-order valence-electron chi connectivity index (χ3n) is 5.59. The van der Waals surface area contributed by atoms with Gasteiger partial charge in [0.25, 0.3) is 0 Å². The highest BCUT2D eigenvalue weighted by atomic mass is 32.1. The molecule has 0 atom stereocenters. The second-order valence-electron chi connectivity index (χ2n) is 7.68. The summed E-state index contributed by atoms with van der Waals surface area (Å²) >= 11 is 1.71. The molecule has 5 heteroatoms. The van der Waals surface area contributed by atoms with Crippen LogP contribution in [-0.4, -0.2) is 21.0 Å². The highest BCUT2D eigenvalue weighted by Gasteiger charge is 2.18. The van der Waals surface area contributed by atoms with Gasteiger partial charge < -0.3 is 5.32 Å². The summed E-state index contributed by atoms with van der Waals surface area (Å²) in [5, 5.41) is 5.78. The molecule has 5 rings (SSSR count). The summed E-state index contributed by atoms with van der Waals surface area (Å²) in [5.41, 5.74) is 4.46. The van der Waals surface area contributed by atoms with Gasteiger partial charge in [0.15, 0.2) is 5.82 Å². The molecule has 0 spiro atoms. The van der Waals surface area contributed by atoms with Crippen molar-refractivity contribution in [3.05, 3.63) is 71.4 Å². The summed E-state index contributed by atoms with van der Waals surface area (Å²) in [6, 6.07) is 17.3. The predicted molar refractivity (Wildman–Crippen MR) is 120 cm³/mol. The molecule has 0 aliphatic heterocycles. The Kier molecular flexibility index (Phi) is 5.22. The van der Waals surface area contributed by atoms with E-state index in [9.17, 15) is 0 Å². The number of thiophene rings is 1. The Labute approximate surface area is 175 Å². The molecule has 3 heterocycles. The molecule has 1 fully saturated rings. The molecular formula is C24H24N4S. The Morgan fingerprint density at radius 1 is 0.966 bits per heavy atom. The maximum Gasteiger partial charge on any atom is 0.162 e. The maximum absolute atomic E-state index is 4.93. The van der Waals surface area contributed by atoms with Gasteiger partial charge in [-0.3, -0.25) is 4.98 Å². The molecule has 0 bridgehead atoms. The monoisotopic (exact) mass is 400 g/mol. The fourth-order valence-electron chi connectivity index (χ4n) is 4.03. The van der Waals surface area contributed by atoms with Crippen LogP contribution in [0.2, 0.25) is 0 Å². The van der Waals surface area contributed by atoms with Crippen LogP contribution in [-0.2, 0) is 12.8 Å². The number of pyridine rings is 1. The zero-order valence-corrected chi connectivity index (χ0v) is 17.2. The molecule has 1 aromatic carbocycles. The van der Waals surface area contributed by atoms with E-state index in [4.69, 9.17) is 9.97 Å². The summed E-state index contributed by atoms with van der Waals surface area (Å²) in [7, 11) is 0. The lowest BCUT2D eigenvalue weighted by Gasteiger charge is -2.14. The van der Waals surface area contributed by atoms with Crippen LogP contribution in [0.1, 0.15) is 36.9 Å². The van der Waals surface area contributed by atoms with Gasteiger partial charge in [-0.1, -0.05) is 43.2 Å². The molecule has 1 aliphatic rings. The van der Waals surface area contributed by atoms with Crippen molar-refractivity contribution in [3.63, 3.8) is 0 Å². The standard InChI is InChI=1S/C24H24N4S/c1-2-6-17(7-3-1)10-11-20-16-18(12-14-25-20)23-27-21-13-15-29-22(21)24(28-23)26-19-8-4-5-9-19/h1-3,6-7,12-16,19H,4-5,8-11H2,(H,26,27,28). The van der Waals surface area contributed by atoms with E-state index in [1.165, 1.54) is 31.2 Å². The Hall–Kier alpha value is -2.79. The van der Waals surface area contributed by atoms with Gasteiger partial charge in [0.05, 0.1) is 10.2 Å². The molecule has 1 N–H and O–H groups in total. The molecule has 29 heavy (non-hydrogen) atoms. The quantitative estimate of drug-likeness (QED) is 0.438. The Morgan fingerprint density at radius 3 is 2.69 bits per heavy atom. The normalized spacial score (nSPS) is 14.5. The summed E-state index contributed by atoms with van der Waals surface area (Å²) in [6.07, 6.45) is 8.83. The van der Waals surface area contributed by atoms with E-state index in [1.807, 2.05) is 12.3 Å². The summed E-state index contributed by atoms with van der Waals surface area (Å²) < 4.78 is 1.15. The average Bonchev–Trinajstić information content (AvgIpc) is 3.45. The minimum atomic E-state index is 0.530. The lowest BCUT2D eigenvalue weighted by molar-refractivity contribution is 0.752. The van der Waals surface area contributed by atoms with E-state index < -0.39 is 0 Å². The fraction of sp³-hybridized carbons (Fsp3) is 0.292. The van der Waals surface area contributed by atoms with Crippen molar-refractivity contribution < 1.29 is 0 Å². The van der Waals surface area contributed by atoms with Crippen molar-refractivity contribution in [2.75, 3.05) is 5.32 Å². The van der Waals surface area contributed by atoms with E-state index in [0.29, 0.717) is 6.04 Å². The molecule has 1 saturated carbocycles. The average molecular weight is 401 g/mol. The van der Waals surface area contributed by atoms with Crippen LogP contribution in [0.3, 0.4) is 0 Å². The van der Waals surface area contributed by atoms with Gasteiger partial charge in [0.1, 0.15) is 5.82 Å². The van der Waals surface area contributed by atoms with Crippen molar-refractivity contribution in [2.45, 2.75) is 44.6 Å². The van der Waals surface area contributed by atoms with Gasteiger partial charge in [0.2, 0.25) is 0 Å².